The summed E-state index contributed by atoms with van der Waals surface area (Å²) in [5, 5.41) is 14.1. The summed E-state index contributed by atoms with van der Waals surface area (Å²) in [5.74, 6) is 0.311. The van der Waals surface area contributed by atoms with Gasteiger partial charge in [0, 0.05) is 23.7 Å². The smallest absolute Gasteiger partial charge is 0.274 e. The van der Waals surface area contributed by atoms with Gasteiger partial charge in [-0.05, 0) is 29.1 Å². The Balaban J connectivity index is 1.75. The number of hydrogen-bond donors (Lipinski definition) is 3. The number of rotatable bonds is 4. The number of nitrogens with zero attached hydrogens (tertiary/aromatic N) is 1. The summed E-state index contributed by atoms with van der Waals surface area (Å²) < 4.78 is 0. The number of hydroxylamine groups is 1. The highest BCUT2D eigenvalue weighted by atomic mass is 16.5. The summed E-state index contributed by atoms with van der Waals surface area (Å²) in [7, 11) is 0. The third-order valence-electron chi connectivity index (χ3n) is 3.45. The van der Waals surface area contributed by atoms with Crippen LogP contribution in [0.2, 0.25) is 0 Å². The average Bonchev–Trinajstić information content (AvgIpc) is 2.59. The van der Waals surface area contributed by atoms with Crippen LogP contribution in [0.25, 0.3) is 10.8 Å². The highest BCUT2D eigenvalue weighted by molar-refractivity contribution is 5.93. The number of fused-ring (bicyclic) bond motifs is 1. The second-order valence-electron chi connectivity index (χ2n) is 4.87. The third-order valence-corrected chi connectivity index (χ3v) is 3.45. The lowest BCUT2D eigenvalue weighted by Crippen LogP contribution is -2.18. The van der Waals surface area contributed by atoms with E-state index < -0.39 is 5.91 Å². The molecule has 0 unspecified atom stereocenters. The van der Waals surface area contributed by atoms with E-state index in [-0.39, 0.29) is 0 Å². The maximum atomic E-state index is 11.3. The van der Waals surface area contributed by atoms with Crippen LogP contribution in [-0.2, 0) is 6.54 Å². The molecule has 0 aliphatic rings. The zero-order valence-electron chi connectivity index (χ0n) is 11.8. The molecule has 0 saturated heterocycles. The molecule has 110 valence electrons. The minimum atomic E-state index is -0.518. The van der Waals surface area contributed by atoms with Gasteiger partial charge in [0.2, 0.25) is 0 Å². The van der Waals surface area contributed by atoms with Gasteiger partial charge in [-0.2, -0.15) is 0 Å². The van der Waals surface area contributed by atoms with Gasteiger partial charge >= 0.3 is 0 Å². The van der Waals surface area contributed by atoms with E-state index in [1.807, 2.05) is 42.5 Å². The normalized spacial score (nSPS) is 10.4. The predicted octanol–water partition coefficient (Wildman–Crippen LogP) is 2.97. The molecule has 22 heavy (non-hydrogen) atoms. The van der Waals surface area contributed by atoms with Gasteiger partial charge < -0.3 is 5.32 Å². The van der Waals surface area contributed by atoms with Crippen LogP contribution in [-0.4, -0.2) is 16.1 Å². The summed E-state index contributed by atoms with van der Waals surface area (Å²) in [5.41, 5.74) is 3.04. The number of carbonyl (C=O) groups is 1. The quantitative estimate of drug-likeness (QED) is 0.511. The van der Waals surface area contributed by atoms with E-state index in [0.29, 0.717) is 12.1 Å². The van der Waals surface area contributed by atoms with E-state index in [1.165, 1.54) is 0 Å². The van der Waals surface area contributed by atoms with Crippen LogP contribution in [0.4, 0.5) is 5.82 Å². The van der Waals surface area contributed by atoms with Crippen LogP contribution in [0.1, 0.15) is 15.9 Å². The highest BCUT2D eigenvalue weighted by Gasteiger charge is 2.04. The van der Waals surface area contributed by atoms with Gasteiger partial charge in [0.25, 0.3) is 5.91 Å². The molecule has 0 saturated carbocycles. The number of hydrogen-bond acceptors (Lipinski definition) is 4. The number of aromatic nitrogens is 1. The second kappa shape index (κ2) is 6.24. The molecule has 1 amide bonds. The number of anilines is 1. The van der Waals surface area contributed by atoms with E-state index in [9.17, 15) is 4.79 Å². The van der Waals surface area contributed by atoms with Gasteiger partial charge in [-0.15, -0.1) is 0 Å². The molecule has 0 aliphatic carbocycles. The van der Waals surface area contributed by atoms with E-state index in [1.54, 1.807) is 23.8 Å². The van der Waals surface area contributed by atoms with Crippen molar-refractivity contribution in [2.45, 2.75) is 6.54 Å². The number of carbonyl (C=O) groups excluding carboxylic acids is 1. The molecule has 0 fully saturated rings. The molecular weight excluding hydrogens is 278 g/mol. The molecule has 3 aromatic rings. The van der Waals surface area contributed by atoms with Crippen LogP contribution in [0.3, 0.4) is 0 Å². The Bertz CT molecular complexity index is 795. The molecule has 0 radical (unpaired) electrons. The maximum absolute atomic E-state index is 11.3. The van der Waals surface area contributed by atoms with Gasteiger partial charge in [-0.1, -0.05) is 36.4 Å². The number of amides is 1. The van der Waals surface area contributed by atoms with E-state index in [0.717, 1.165) is 22.2 Å². The topological polar surface area (TPSA) is 74.2 Å². The van der Waals surface area contributed by atoms with Crippen LogP contribution in [0.15, 0.2) is 60.8 Å². The molecule has 1 heterocycles. The first-order chi connectivity index (χ1) is 10.8. The Kier molecular flexibility index (Phi) is 3.98. The van der Waals surface area contributed by atoms with Crippen molar-refractivity contribution >= 4 is 22.5 Å². The summed E-state index contributed by atoms with van der Waals surface area (Å²) >= 11 is 0. The molecule has 3 N–H and O–H groups in total. The Labute approximate surface area is 127 Å². The number of nitrogens with one attached hydrogen (secondary N) is 2. The fourth-order valence-electron chi connectivity index (χ4n) is 2.28. The summed E-state index contributed by atoms with van der Waals surface area (Å²) in [6.07, 6.45) is 1.78. The number of benzene rings is 2. The van der Waals surface area contributed by atoms with Gasteiger partial charge in [-0.25, -0.2) is 10.5 Å². The maximum Gasteiger partial charge on any atom is 0.274 e. The van der Waals surface area contributed by atoms with Crippen molar-refractivity contribution < 1.29 is 10.0 Å². The Morgan fingerprint density at radius 2 is 1.82 bits per heavy atom. The zero-order valence-corrected chi connectivity index (χ0v) is 11.8. The summed E-state index contributed by atoms with van der Waals surface area (Å²) in [4.78, 5) is 15.6. The van der Waals surface area contributed by atoms with Crippen molar-refractivity contribution in [2.75, 3.05) is 5.32 Å². The molecule has 5 heteroatoms. The van der Waals surface area contributed by atoms with Crippen molar-refractivity contribution in [3.05, 3.63) is 71.9 Å². The standard InChI is InChI=1S/C17H15N3O2/c21-17(20-22)14-7-5-12(6-8-14)11-19-16-15-4-2-1-3-13(15)9-10-18-16/h1-10,22H,11H2,(H,18,19)(H,20,21). The van der Waals surface area contributed by atoms with Crippen molar-refractivity contribution in [3.63, 3.8) is 0 Å². The minimum absolute atomic E-state index is 0.412. The van der Waals surface area contributed by atoms with Crippen LogP contribution >= 0.6 is 0 Å². The number of pyridine rings is 1. The van der Waals surface area contributed by atoms with Crippen LogP contribution in [0.5, 0.6) is 0 Å². The van der Waals surface area contributed by atoms with Crippen LogP contribution < -0.4 is 10.8 Å². The first kappa shape index (κ1) is 14.0. The monoisotopic (exact) mass is 293 g/mol. The van der Waals surface area contributed by atoms with Crippen molar-refractivity contribution in [2.24, 2.45) is 0 Å². The molecule has 0 bridgehead atoms. The van der Waals surface area contributed by atoms with Gasteiger partial charge in [0.15, 0.2) is 0 Å². The Morgan fingerprint density at radius 3 is 2.59 bits per heavy atom. The molecule has 0 aliphatic heterocycles. The van der Waals surface area contributed by atoms with E-state index >= 15 is 0 Å². The van der Waals surface area contributed by atoms with Crippen LogP contribution in [0, 0.1) is 0 Å². The SMILES string of the molecule is O=C(NO)c1ccc(CNc2nccc3ccccc23)cc1. The first-order valence-electron chi connectivity index (χ1n) is 6.89. The predicted molar refractivity (Wildman–Crippen MR) is 84.8 cm³/mol. The largest absolute Gasteiger partial charge is 0.365 e. The molecule has 0 spiro atoms. The second-order valence-corrected chi connectivity index (χ2v) is 4.87. The lowest BCUT2D eigenvalue weighted by molar-refractivity contribution is 0.0706. The van der Waals surface area contributed by atoms with Gasteiger partial charge in [-0.3, -0.25) is 10.0 Å². The van der Waals surface area contributed by atoms with Gasteiger partial charge in [0.05, 0.1) is 0 Å². The van der Waals surface area contributed by atoms with Crippen molar-refractivity contribution in [3.8, 4) is 0 Å². The molecule has 5 nitrogen and oxygen atoms in total. The van der Waals surface area contributed by atoms with E-state index in [2.05, 4.69) is 10.3 Å². The van der Waals surface area contributed by atoms with E-state index in [4.69, 9.17) is 5.21 Å². The lowest BCUT2D eigenvalue weighted by Gasteiger charge is -2.09. The van der Waals surface area contributed by atoms with Crippen molar-refractivity contribution in [1.29, 1.82) is 0 Å². The van der Waals surface area contributed by atoms with Gasteiger partial charge in [0.1, 0.15) is 5.82 Å². The third kappa shape index (κ3) is 2.89. The first-order valence-corrected chi connectivity index (χ1v) is 6.89. The fourth-order valence-corrected chi connectivity index (χ4v) is 2.28. The molecule has 0 atom stereocenters. The molecule has 2 aromatic carbocycles. The molecule has 1 aromatic heterocycles. The Hall–Kier alpha value is -2.92. The summed E-state index contributed by atoms with van der Waals surface area (Å²) in [6, 6.07) is 17.0. The molecular formula is C17H15N3O2. The minimum Gasteiger partial charge on any atom is -0.365 e. The zero-order chi connectivity index (χ0) is 15.4. The fraction of sp³-hybridized carbons (Fsp3) is 0.0588. The Morgan fingerprint density at radius 1 is 1.05 bits per heavy atom. The summed E-state index contributed by atoms with van der Waals surface area (Å²) in [6.45, 7) is 0.599. The lowest BCUT2D eigenvalue weighted by atomic mass is 10.1. The van der Waals surface area contributed by atoms with Crippen molar-refractivity contribution in [1.82, 2.24) is 10.5 Å². The highest BCUT2D eigenvalue weighted by Crippen LogP contribution is 2.20. The average molecular weight is 293 g/mol. The molecule has 3 rings (SSSR count).